The van der Waals surface area contributed by atoms with E-state index in [4.69, 9.17) is 4.74 Å². The molecule has 0 aliphatic carbocycles. The van der Waals surface area contributed by atoms with Gasteiger partial charge in [0, 0.05) is 41.0 Å². The molecule has 2 aromatic rings. The van der Waals surface area contributed by atoms with Crippen molar-refractivity contribution in [1.29, 1.82) is 0 Å². The number of halogens is 1. The lowest BCUT2D eigenvalue weighted by Gasteiger charge is -2.20. The predicted molar refractivity (Wildman–Crippen MR) is 128 cm³/mol. The monoisotopic (exact) mass is 469 g/mol. The molecule has 1 saturated heterocycles. The Kier molecular flexibility index (Phi) is 6.74. The van der Waals surface area contributed by atoms with E-state index in [1.807, 2.05) is 17.8 Å². The highest BCUT2D eigenvalue weighted by Gasteiger charge is 2.61. The van der Waals surface area contributed by atoms with E-state index < -0.39 is 0 Å². The van der Waals surface area contributed by atoms with Gasteiger partial charge in [0.2, 0.25) is 5.37 Å². The van der Waals surface area contributed by atoms with Gasteiger partial charge >= 0.3 is 0 Å². The Bertz CT molecular complexity index is 1050. The molecule has 2 N–H and O–H groups in total. The summed E-state index contributed by atoms with van der Waals surface area (Å²) in [6.07, 6.45) is -0.368. The molecule has 1 unspecified atom stereocenters. The van der Waals surface area contributed by atoms with Crippen LogP contribution in [0.3, 0.4) is 0 Å². The first-order valence-electron chi connectivity index (χ1n) is 10.7. The zero-order chi connectivity index (χ0) is 22.9. The SMILES string of the molecule is CNC(=O)c1ccc(O[C@H](C[N+]2=C(C[Si])CNC[C@]3(C)SC23)c2ccc(C)c(F)c2)cc1. The fourth-order valence-corrected chi connectivity index (χ4v) is 5.58. The van der Waals surface area contributed by atoms with Crippen molar-refractivity contribution < 1.29 is 18.5 Å². The van der Waals surface area contributed by atoms with Crippen LogP contribution in [0.15, 0.2) is 42.5 Å². The average Bonchev–Trinajstić information content (AvgIpc) is 3.48. The number of carbonyl (C=O) groups is 1. The van der Waals surface area contributed by atoms with Crippen LogP contribution in [0.2, 0.25) is 6.04 Å². The molecule has 2 aliphatic heterocycles. The summed E-state index contributed by atoms with van der Waals surface area (Å²) in [6.45, 7) is 6.41. The lowest BCUT2D eigenvalue weighted by atomic mass is 10.1. The molecule has 0 bridgehead atoms. The van der Waals surface area contributed by atoms with Crippen LogP contribution in [0.25, 0.3) is 0 Å². The molecule has 4 rings (SSSR count). The highest BCUT2D eigenvalue weighted by molar-refractivity contribution is 8.08. The smallest absolute Gasteiger partial charge is 0.251 e. The summed E-state index contributed by atoms with van der Waals surface area (Å²) in [5.74, 6) is 0.258. The van der Waals surface area contributed by atoms with Crippen molar-refractivity contribution in [2.24, 2.45) is 0 Å². The van der Waals surface area contributed by atoms with Crippen molar-refractivity contribution in [1.82, 2.24) is 10.6 Å². The number of carbonyl (C=O) groups excluding carboxylic acids is 1. The molecule has 3 atom stereocenters. The second kappa shape index (κ2) is 9.37. The molecule has 2 aromatic carbocycles. The van der Waals surface area contributed by atoms with Crippen molar-refractivity contribution in [3.05, 3.63) is 65.0 Å². The summed E-state index contributed by atoms with van der Waals surface area (Å²) in [4.78, 5) is 11.9. The van der Waals surface area contributed by atoms with Gasteiger partial charge in [0.05, 0.1) is 6.54 Å². The molecule has 2 aliphatic rings. The van der Waals surface area contributed by atoms with Gasteiger partial charge in [0.15, 0.2) is 18.4 Å². The van der Waals surface area contributed by atoms with Gasteiger partial charge in [-0.25, -0.2) is 8.97 Å². The van der Waals surface area contributed by atoms with E-state index in [2.05, 4.69) is 32.4 Å². The number of thioether (sulfide) groups is 1. The molecular formula is C24H28FN3O2SSi+. The van der Waals surface area contributed by atoms with Crippen molar-refractivity contribution in [3.63, 3.8) is 0 Å². The number of fused-ring (bicyclic) bond motifs is 1. The molecule has 8 heteroatoms. The second-order valence-corrected chi connectivity index (χ2v) is 10.5. The Morgan fingerprint density at radius 3 is 2.78 bits per heavy atom. The van der Waals surface area contributed by atoms with E-state index >= 15 is 0 Å². The Hall–Kier alpha value is -2.16. The third kappa shape index (κ3) is 4.77. The zero-order valence-electron chi connectivity index (χ0n) is 18.6. The summed E-state index contributed by atoms with van der Waals surface area (Å²) < 4.78 is 23.4. The Balaban J connectivity index is 1.65. The highest BCUT2D eigenvalue weighted by atomic mass is 32.2. The highest BCUT2D eigenvalue weighted by Crippen LogP contribution is 2.54. The molecule has 167 valence electrons. The van der Waals surface area contributed by atoms with Crippen molar-refractivity contribution >= 4 is 33.6 Å². The summed E-state index contributed by atoms with van der Waals surface area (Å²) in [5.41, 5.74) is 3.23. The van der Waals surface area contributed by atoms with Crippen LogP contribution in [-0.2, 0) is 0 Å². The van der Waals surface area contributed by atoms with Gasteiger partial charge in [-0.05, 0) is 49.7 Å². The van der Waals surface area contributed by atoms with E-state index in [-0.39, 0.29) is 22.6 Å². The summed E-state index contributed by atoms with van der Waals surface area (Å²) in [7, 11) is 5.30. The Morgan fingerprint density at radius 2 is 2.12 bits per heavy atom. The number of ether oxygens (including phenoxy) is 1. The minimum atomic E-state index is -0.368. The number of aryl methyl sites for hydroxylation is 1. The molecule has 2 heterocycles. The van der Waals surface area contributed by atoms with Crippen LogP contribution >= 0.6 is 11.8 Å². The third-order valence-electron chi connectivity index (χ3n) is 6.10. The lowest BCUT2D eigenvalue weighted by Crippen LogP contribution is -2.33. The maximum atomic E-state index is 14.5. The quantitative estimate of drug-likeness (QED) is 0.372. The number of nitrogens with zero attached hydrogens (tertiary/aromatic N) is 1. The normalized spacial score (nSPS) is 23.2. The largest absolute Gasteiger partial charge is 0.479 e. The third-order valence-corrected chi connectivity index (χ3v) is 8.15. The maximum absolute atomic E-state index is 14.5. The summed E-state index contributed by atoms with van der Waals surface area (Å²) in [6, 6.07) is 13.1. The fraction of sp³-hybridized carbons (Fsp3) is 0.417. The van der Waals surface area contributed by atoms with Crippen molar-refractivity contribution in [3.8, 4) is 5.75 Å². The number of nitrogens with one attached hydrogen (secondary N) is 2. The van der Waals surface area contributed by atoms with Gasteiger partial charge < -0.3 is 15.4 Å². The molecule has 3 radical (unpaired) electrons. The van der Waals surface area contributed by atoms with Crippen LogP contribution in [-0.4, -0.2) is 63.2 Å². The minimum Gasteiger partial charge on any atom is -0.479 e. The van der Waals surface area contributed by atoms with E-state index in [1.165, 1.54) is 5.71 Å². The topological polar surface area (TPSA) is 53.4 Å². The van der Waals surface area contributed by atoms with E-state index in [1.54, 1.807) is 50.4 Å². The van der Waals surface area contributed by atoms with E-state index in [9.17, 15) is 9.18 Å². The maximum Gasteiger partial charge on any atom is 0.251 e. The molecular weight excluding hydrogens is 441 g/mol. The molecule has 0 aromatic heterocycles. The van der Waals surface area contributed by atoms with E-state index in [0.29, 0.717) is 28.8 Å². The van der Waals surface area contributed by atoms with Crippen molar-refractivity contribution in [2.75, 3.05) is 26.7 Å². The number of hydrogen-bond donors (Lipinski definition) is 2. The first-order valence-corrected chi connectivity index (χ1v) is 12.3. The first kappa shape index (κ1) is 23.0. The van der Waals surface area contributed by atoms with Gasteiger partial charge in [0.1, 0.15) is 16.3 Å². The van der Waals surface area contributed by atoms with Crippen LogP contribution in [0.5, 0.6) is 5.75 Å². The molecule has 0 saturated carbocycles. The molecule has 5 nitrogen and oxygen atoms in total. The Labute approximate surface area is 196 Å². The number of hydrogen-bond acceptors (Lipinski definition) is 4. The minimum absolute atomic E-state index is 0.146. The van der Waals surface area contributed by atoms with Gasteiger partial charge in [0.25, 0.3) is 5.91 Å². The zero-order valence-corrected chi connectivity index (χ0v) is 20.4. The first-order chi connectivity index (χ1) is 15.3. The second-order valence-electron chi connectivity index (χ2n) is 8.50. The summed E-state index contributed by atoms with van der Waals surface area (Å²) in [5, 5.41) is 6.52. The van der Waals surface area contributed by atoms with Crippen molar-refractivity contribution in [2.45, 2.75) is 36.1 Å². The summed E-state index contributed by atoms with van der Waals surface area (Å²) >= 11 is 1.95. The Morgan fingerprint density at radius 1 is 1.38 bits per heavy atom. The van der Waals surface area contributed by atoms with Gasteiger partial charge in [-0.15, -0.1) is 0 Å². The number of amides is 1. The van der Waals surface area contributed by atoms with Crippen LogP contribution in [0.1, 0.15) is 34.5 Å². The standard InChI is InChI=1S/C24H27FN3O2SSi/c1-15-4-5-17(10-20(15)25)21(30-19-8-6-16(7-9-19)22(29)26-3)12-28-18(13-32)11-27-14-24(2)23(28)31-24/h4-10,21,23,27H,11-14H2,1-3H3/p+1/t21-,23?,24+/m1/s1. The molecule has 1 amide bonds. The van der Waals surface area contributed by atoms with Crippen LogP contribution in [0.4, 0.5) is 4.39 Å². The molecule has 0 spiro atoms. The van der Waals surface area contributed by atoms with Gasteiger partial charge in [-0.3, -0.25) is 4.79 Å². The van der Waals surface area contributed by atoms with Gasteiger partial charge in [-0.1, -0.05) is 23.9 Å². The lowest BCUT2D eigenvalue weighted by molar-refractivity contribution is -0.544. The van der Waals surface area contributed by atoms with E-state index in [0.717, 1.165) is 24.7 Å². The predicted octanol–water partition coefficient (Wildman–Crippen LogP) is 3.09. The van der Waals surface area contributed by atoms with Gasteiger partial charge in [-0.2, -0.15) is 0 Å². The fourth-order valence-electron chi connectivity index (χ4n) is 4.05. The average molecular weight is 470 g/mol. The number of benzene rings is 2. The number of rotatable bonds is 7. The molecule has 1 fully saturated rings. The van der Waals surface area contributed by atoms with Crippen LogP contribution in [0, 0.1) is 12.7 Å². The van der Waals surface area contributed by atoms with Crippen LogP contribution < -0.4 is 15.4 Å². The molecule has 32 heavy (non-hydrogen) atoms.